The second-order valence-electron chi connectivity index (χ2n) is 8.00. The van der Waals surface area contributed by atoms with Gasteiger partial charge in [0.15, 0.2) is 0 Å². The number of hydrogen-bond donors (Lipinski definition) is 1. The molecule has 1 aromatic carbocycles. The summed E-state index contributed by atoms with van der Waals surface area (Å²) >= 11 is 0. The molecule has 1 aliphatic rings. The van der Waals surface area contributed by atoms with Crippen LogP contribution in [0.4, 0.5) is 4.79 Å². The topological polar surface area (TPSA) is 56.6 Å². The molecule has 0 saturated heterocycles. The first kappa shape index (κ1) is 20.4. The van der Waals surface area contributed by atoms with Gasteiger partial charge in [0.05, 0.1) is 24.5 Å². The van der Waals surface area contributed by atoms with Crippen LogP contribution in [-0.2, 0) is 26.2 Å². The Morgan fingerprint density at radius 1 is 1.18 bits per heavy atom. The van der Waals surface area contributed by atoms with Gasteiger partial charge >= 0.3 is 6.03 Å². The monoisotopic (exact) mass is 384 g/mol. The Bertz CT molecular complexity index is 796. The molecule has 1 aliphatic heterocycles. The molecule has 2 heterocycles. The van der Waals surface area contributed by atoms with E-state index in [4.69, 9.17) is 0 Å². The highest BCUT2D eigenvalue weighted by atomic mass is 16.2. The van der Waals surface area contributed by atoms with Crippen LogP contribution in [-0.4, -0.2) is 65.2 Å². The molecule has 1 atom stereocenters. The highest BCUT2D eigenvalue weighted by molar-refractivity contribution is 5.73. The van der Waals surface area contributed by atoms with E-state index in [0.717, 1.165) is 31.9 Å². The van der Waals surface area contributed by atoms with E-state index >= 15 is 0 Å². The molecule has 1 unspecified atom stereocenters. The average Bonchev–Trinajstić information content (AvgIpc) is 3.08. The first-order valence-corrected chi connectivity index (χ1v) is 9.82. The molecule has 2 aromatic rings. The highest BCUT2D eigenvalue weighted by Gasteiger charge is 2.19. The third-order valence-electron chi connectivity index (χ3n) is 5.40. The van der Waals surface area contributed by atoms with Crippen molar-refractivity contribution in [1.29, 1.82) is 0 Å². The number of nitrogens with one attached hydrogen (secondary N) is 1. The van der Waals surface area contributed by atoms with E-state index in [-0.39, 0.29) is 6.03 Å². The van der Waals surface area contributed by atoms with Crippen LogP contribution >= 0.6 is 0 Å². The number of rotatable bonds is 6. The average molecular weight is 385 g/mol. The van der Waals surface area contributed by atoms with Crippen LogP contribution in [0.5, 0.6) is 0 Å². The zero-order valence-corrected chi connectivity index (χ0v) is 17.6. The maximum atomic E-state index is 11.7. The van der Waals surface area contributed by atoms with Crippen LogP contribution in [0.25, 0.3) is 0 Å². The Balaban J connectivity index is 1.57. The van der Waals surface area contributed by atoms with Gasteiger partial charge in [-0.15, -0.1) is 0 Å². The Morgan fingerprint density at radius 3 is 2.54 bits per heavy atom. The molecule has 1 aromatic heterocycles. The predicted octanol–water partition coefficient (Wildman–Crippen LogP) is 2.29. The summed E-state index contributed by atoms with van der Waals surface area (Å²) in [5, 5.41) is 7.50. The molecular weight excluding hydrogens is 352 g/mol. The molecule has 0 fully saturated rings. The van der Waals surface area contributed by atoms with Gasteiger partial charge in [-0.25, -0.2) is 4.79 Å². The smallest absolute Gasteiger partial charge is 0.317 e. The lowest BCUT2D eigenvalue weighted by atomic mass is 10.0. The fourth-order valence-corrected chi connectivity index (χ4v) is 3.38. The van der Waals surface area contributed by atoms with Gasteiger partial charge in [0.25, 0.3) is 0 Å². The summed E-state index contributed by atoms with van der Waals surface area (Å²) in [5.41, 5.74) is 4.79. The van der Waals surface area contributed by atoms with E-state index in [2.05, 4.69) is 76.2 Å². The second-order valence-corrected chi connectivity index (χ2v) is 8.00. The lowest BCUT2D eigenvalue weighted by Gasteiger charge is -2.27. The summed E-state index contributed by atoms with van der Waals surface area (Å²) < 4.78 is 2.06. The fraction of sp³-hybridized carbons (Fsp3) is 0.524. The number of amides is 2. The van der Waals surface area contributed by atoms with Gasteiger partial charge in [0.1, 0.15) is 0 Å². The second kappa shape index (κ2) is 8.75. The third-order valence-corrected chi connectivity index (χ3v) is 5.40. The number of fused-ring (bicyclic) bond motifs is 1. The molecule has 28 heavy (non-hydrogen) atoms. The van der Waals surface area contributed by atoms with E-state index in [9.17, 15) is 4.79 Å². The Hall–Kier alpha value is -2.38. The number of nitrogens with zero attached hydrogens (tertiary/aromatic N) is 5. The van der Waals surface area contributed by atoms with E-state index in [1.165, 1.54) is 21.7 Å². The van der Waals surface area contributed by atoms with Gasteiger partial charge in [0, 0.05) is 39.8 Å². The number of carbonyl (C=O) groups excluding carboxylic acids is 1. The zero-order valence-electron chi connectivity index (χ0n) is 17.6. The quantitative estimate of drug-likeness (QED) is 0.830. The van der Waals surface area contributed by atoms with Crippen molar-refractivity contribution in [3.05, 3.63) is 52.8 Å². The van der Waals surface area contributed by atoms with Crippen LogP contribution in [0.15, 0.2) is 30.3 Å². The Kier molecular flexibility index (Phi) is 6.36. The van der Waals surface area contributed by atoms with Gasteiger partial charge in [0.2, 0.25) is 0 Å². The van der Waals surface area contributed by atoms with Crippen molar-refractivity contribution in [3.8, 4) is 0 Å². The molecule has 152 valence electrons. The minimum Gasteiger partial charge on any atom is -0.332 e. The standard InChI is InChI=1S/C21H32N6O/c1-16(24(2)3)18-8-6-17(7-9-18)14-26-10-11-27-20(15-26)12-19(23-27)13-22-21(28)25(4)5/h6-9,12,16H,10-11,13-15H2,1-5H3,(H,22,28). The molecule has 0 radical (unpaired) electrons. The molecule has 0 spiro atoms. The third kappa shape index (κ3) is 4.91. The fourth-order valence-electron chi connectivity index (χ4n) is 3.38. The van der Waals surface area contributed by atoms with Crippen LogP contribution in [0.3, 0.4) is 0 Å². The highest BCUT2D eigenvalue weighted by Crippen LogP contribution is 2.20. The van der Waals surface area contributed by atoms with Crippen LogP contribution in [0, 0.1) is 0 Å². The van der Waals surface area contributed by atoms with Gasteiger partial charge in [-0.2, -0.15) is 5.10 Å². The van der Waals surface area contributed by atoms with Crippen molar-refractivity contribution in [2.75, 3.05) is 34.7 Å². The molecule has 7 heteroatoms. The molecule has 7 nitrogen and oxygen atoms in total. The van der Waals surface area contributed by atoms with Crippen LogP contribution in [0.2, 0.25) is 0 Å². The maximum absolute atomic E-state index is 11.7. The molecule has 0 aliphatic carbocycles. The van der Waals surface area contributed by atoms with E-state index in [1.807, 2.05) is 0 Å². The lowest BCUT2D eigenvalue weighted by Crippen LogP contribution is -2.34. The number of urea groups is 1. The SMILES string of the molecule is CC(c1ccc(CN2CCn3nc(CNC(=O)N(C)C)cc3C2)cc1)N(C)C. The van der Waals surface area contributed by atoms with E-state index < -0.39 is 0 Å². The molecule has 1 N–H and O–H groups in total. The molecule has 0 saturated carbocycles. The van der Waals surface area contributed by atoms with Gasteiger partial charge < -0.3 is 15.1 Å². The normalized spacial score (nSPS) is 15.4. The number of benzene rings is 1. The summed E-state index contributed by atoms with van der Waals surface area (Å²) in [4.78, 5) is 17.9. The van der Waals surface area contributed by atoms with Gasteiger partial charge in [-0.1, -0.05) is 24.3 Å². The first-order valence-electron chi connectivity index (χ1n) is 9.82. The minimum absolute atomic E-state index is 0.0976. The van der Waals surface area contributed by atoms with Crippen molar-refractivity contribution in [2.45, 2.75) is 39.1 Å². The summed E-state index contributed by atoms with van der Waals surface area (Å²) in [7, 11) is 7.68. The number of hydrogen-bond acceptors (Lipinski definition) is 4. The minimum atomic E-state index is -0.0976. The Morgan fingerprint density at radius 2 is 1.89 bits per heavy atom. The van der Waals surface area contributed by atoms with Gasteiger partial charge in [-0.05, 0) is 38.2 Å². The number of carbonyl (C=O) groups is 1. The zero-order chi connectivity index (χ0) is 20.3. The largest absolute Gasteiger partial charge is 0.332 e. The molecule has 3 rings (SSSR count). The molecule has 2 amide bonds. The van der Waals surface area contributed by atoms with E-state index in [1.54, 1.807) is 14.1 Å². The van der Waals surface area contributed by atoms with Crippen molar-refractivity contribution in [3.63, 3.8) is 0 Å². The Labute approximate surface area is 167 Å². The summed E-state index contributed by atoms with van der Waals surface area (Å²) in [6.45, 7) is 6.36. The number of aromatic nitrogens is 2. The lowest BCUT2D eigenvalue weighted by molar-refractivity contribution is 0.205. The van der Waals surface area contributed by atoms with Crippen molar-refractivity contribution >= 4 is 6.03 Å². The summed E-state index contributed by atoms with van der Waals surface area (Å²) in [6.07, 6.45) is 0. The maximum Gasteiger partial charge on any atom is 0.317 e. The summed E-state index contributed by atoms with van der Waals surface area (Å²) in [6, 6.07) is 11.4. The van der Waals surface area contributed by atoms with Crippen molar-refractivity contribution < 1.29 is 4.79 Å². The summed E-state index contributed by atoms with van der Waals surface area (Å²) in [5.74, 6) is 0. The molecule has 0 bridgehead atoms. The van der Waals surface area contributed by atoms with Gasteiger partial charge in [-0.3, -0.25) is 9.58 Å². The van der Waals surface area contributed by atoms with Crippen molar-refractivity contribution in [1.82, 2.24) is 29.8 Å². The van der Waals surface area contributed by atoms with E-state index in [0.29, 0.717) is 12.6 Å². The first-order chi connectivity index (χ1) is 13.3. The van der Waals surface area contributed by atoms with Crippen LogP contribution in [0.1, 0.15) is 35.5 Å². The van der Waals surface area contributed by atoms with Crippen LogP contribution < -0.4 is 5.32 Å². The predicted molar refractivity (Wildman–Crippen MR) is 111 cm³/mol. The van der Waals surface area contributed by atoms with Crippen molar-refractivity contribution in [2.24, 2.45) is 0 Å². The molecular formula is C21H32N6O.